The lowest BCUT2D eigenvalue weighted by Gasteiger charge is -2.09. The highest BCUT2D eigenvalue weighted by Crippen LogP contribution is 2.22. The zero-order valence-electron chi connectivity index (χ0n) is 12.2. The fourth-order valence-electron chi connectivity index (χ4n) is 1.83. The second-order valence-electron chi connectivity index (χ2n) is 5.11. The van der Waals surface area contributed by atoms with Gasteiger partial charge in [-0.05, 0) is 24.1 Å². The van der Waals surface area contributed by atoms with Crippen molar-refractivity contribution in [3.63, 3.8) is 0 Å². The number of ether oxygens (including phenoxy) is 1. The molecule has 0 amide bonds. The first-order chi connectivity index (χ1) is 9.60. The Hall–Kier alpha value is -1.39. The molecule has 0 spiro atoms. The van der Waals surface area contributed by atoms with E-state index >= 15 is 0 Å². The number of aliphatic hydroxyl groups is 1. The summed E-state index contributed by atoms with van der Waals surface area (Å²) in [4.78, 5) is 4.54. The van der Waals surface area contributed by atoms with Crippen molar-refractivity contribution in [2.75, 3.05) is 0 Å². The number of nitrogens with zero attached hydrogens (tertiary/aromatic N) is 1. The largest absolute Gasteiger partial charge is 0.487 e. The van der Waals surface area contributed by atoms with Crippen LogP contribution < -0.4 is 4.74 Å². The van der Waals surface area contributed by atoms with Crippen molar-refractivity contribution in [2.24, 2.45) is 0 Å². The van der Waals surface area contributed by atoms with Crippen LogP contribution in [0.25, 0.3) is 0 Å². The third kappa shape index (κ3) is 3.81. The van der Waals surface area contributed by atoms with E-state index < -0.39 is 6.10 Å². The number of aliphatic hydroxyl groups excluding tert-OH is 1. The van der Waals surface area contributed by atoms with E-state index in [4.69, 9.17) is 4.74 Å². The molecule has 3 nitrogen and oxygen atoms in total. The molecule has 1 aromatic carbocycles. The van der Waals surface area contributed by atoms with Gasteiger partial charge in [-0.3, -0.25) is 0 Å². The molecule has 0 aliphatic carbocycles. The highest BCUT2D eigenvalue weighted by molar-refractivity contribution is 7.09. The number of benzene rings is 1. The van der Waals surface area contributed by atoms with Crippen molar-refractivity contribution in [3.8, 4) is 5.75 Å². The fourth-order valence-corrected chi connectivity index (χ4v) is 2.65. The normalized spacial score (nSPS) is 12.7. The Morgan fingerprint density at radius 2 is 1.95 bits per heavy atom. The van der Waals surface area contributed by atoms with E-state index in [0.717, 1.165) is 28.4 Å². The molecule has 4 heteroatoms. The third-order valence-corrected chi connectivity index (χ3v) is 4.30. The molecular formula is C16H21NO2S. The molecule has 2 rings (SSSR count). The van der Waals surface area contributed by atoms with Gasteiger partial charge in [0.2, 0.25) is 0 Å². The quantitative estimate of drug-likeness (QED) is 0.863. The average molecular weight is 291 g/mol. The van der Waals surface area contributed by atoms with E-state index in [1.807, 2.05) is 36.6 Å². The maximum absolute atomic E-state index is 9.73. The lowest BCUT2D eigenvalue weighted by Crippen LogP contribution is -1.98. The van der Waals surface area contributed by atoms with Gasteiger partial charge < -0.3 is 9.84 Å². The maximum atomic E-state index is 9.73. The minimum atomic E-state index is -0.392. The van der Waals surface area contributed by atoms with Crippen LogP contribution in [0.5, 0.6) is 5.75 Å². The van der Waals surface area contributed by atoms with Gasteiger partial charge >= 0.3 is 0 Å². The molecule has 1 N–H and O–H groups in total. The van der Waals surface area contributed by atoms with Gasteiger partial charge in [0.1, 0.15) is 12.4 Å². The van der Waals surface area contributed by atoms with Crippen LogP contribution in [0.15, 0.2) is 29.6 Å². The van der Waals surface area contributed by atoms with Gasteiger partial charge in [0.05, 0.1) is 16.8 Å². The molecular weight excluding hydrogens is 270 g/mol. The summed E-state index contributed by atoms with van der Waals surface area (Å²) in [6.45, 7) is 6.73. The molecule has 0 bridgehead atoms. The van der Waals surface area contributed by atoms with Gasteiger partial charge in [0, 0.05) is 11.3 Å². The van der Waals surface area contributed by atoms with Crippen LogP contribution in [0.3, 0.4) is 0 Å². The molecule has 1 aromatic heterocycles. The highest BCUT2D eigenvalue weighted by atomic mass is 32.1. The minimum Gasteiger partial charge on any atom is -0.487 e. The molecule has 0 fully saturated rings. The minimum absolute atomic E-state index is 0.392. The number of thiazole rings is 1. The Labute approximate surface area is 124 Å². The van der Waals surface area contributed by atoms with Gasteiger partial charge in [-0.25, -0.2) is 4.98 Å². The first-order valence-corrected chi connectivity index (χ1v) is 7.83. The zero-order valence-corrected chi connectivity index (χ0v) is 13.0. The molecule has 1 heterocycles. The molecule has 0 saturated heterocycles. The first kappa shape index (κ1) is 15.0. The summed E-state index contributed by atoms with van der Waals surface area (Å²) in [6.07, 6.45) is 0.327. The van der Waals surface area contributed by atoms with Crippen LogP contribution in [-0.4, -0.2) is 10.1 Å². The predicted molar refractivity (Wildman–Crippen MR) is 82.2 cm³/mol. The van der Waals surface area contributed by atoms with Crippen LogP contribution >= 0.6 is 11.3 Å². The van der Waals surface area contributed by atoms with Crippen molar-refractivity contribution in [2.45, 2.75) is 45.8 Å². The molecule has 0 unspecified atom stereocenters. The van der Waals surface area contributed by atoms with Gasteiger partial charge in [-0.2, -0.15) is 0 Å². The van der Waals surface area contributed by atoms with Crippen LogP contribution in [0, 0.1) is 0 Å². The Balaban J connectivity index is 1.93. The Morgan fingerprint density at radius 3 is 2.50 bits per heavy atom. The Bertz CT molecular complexity index is 534. The topological polar surface area (TPSA) is 42.4 Å². The van der Waals surface area contributed by atoms with E-state index in [1.165, 1.54) is 0 Å². The van der Waals surface area contributed by atoms with Gasteiger partial charge in [0.15, 0.2) is 0 Å². The monoisotopic (exact) mass is 291 g/mol. The highest BCUT2D eigenvalue weighted by Gasteiger charge is 2.07. The second kappa shape index (κ2) is 6.86. The van der Waals surface area contributed by atoms with Gasteiger partial charge in [0.25, 0.3) is 0 Å². The summed E-state index contributed by atoms with van der Waals surface area (Å²) in [5.74, 6) is 1.26. The fraction of sp³-hybridized carbons (Fsp3) is 0.438. The van der Waals surface area contributed by atoms with Crippen molar-refractivity contribution in [1.29, 1.82) is 0 Å². The van der Waals surface area contributed by atoms with Crippen molar-refractivity contribution in [3.05, 3.63) is 45.9 Å². The smallest absolute Gasteiger partial charge is 0.131 e. The Kier molecular flexibility index (Phi) is 5.15. The first-order valence-electron chi connectivity index (χ1n) is 6.95. The van der Waals surface area contributed by atoms with Crippen molar-refractivity contribution < 1.29 is 9.84 Å². The second-order valence-corrected chi connectivity index (χ2v) is 6.00. The SMILES string of the molecule is CC[C@@H](O)c1ccc(OCc2csc(C(C)C)n2)cc1. The summed E-state index contributed by atoms with van der Waals surface area (Å²) in [7, 11) is 0. The molecule has 0 radical (unpaired) electrons. The predicted octanol–water partition coefficient (Wildman–Crippen LogP) is 4.29. The van der Waals surface area contributed by atoms with Gasteiger partial charge in [-0.1, -0.05) is 32.9 Å². The van der Waals surface area contributed by atoms with Crippen LogP contribution in [0.2, 0.25) is 0 Å². The van der Waals surface area contributed by atoms with Gasteiger partial charge in [-0.15, -0.1) is 11.3 Å². The van der Waals surface area contributed by atoms with Crippen molar-refractivity contribution in [1.82, 2.24) is 4.98 Å². The van der Waals surface area contributed by atoms with E-state index in [1.54, 1.807) is 11.3 Å². The Morgan fingerprint density at radius 1 is 1.25 bits per heavy atom. The molecule has 20 heavy (non-hydrogen) atoms. The number of hydrogen-bond acceptors (Lipinski definition) is 4. The maximum Gasteiger partial charge on any atom is 0.131 e. The van der Waals surface area contributed by atoms with E-state index in [0.29, 0.717) is 12.5 Å². The number of aromatic nitrogens is 1. The van der Waals surface area contributed by atoms with Crippen LogP contribution in [0.1, 0.15) is 55.5 Å². The summed E-state index contributed by atoms with van der Waals surface area (Å²) < 4.78 is 5.72. The summed E-state index contributed by atoms with van der Waals surface area (Å²) in [5.41, 5.74) is 1.90. The third-order valence-electron chi connectivity index (χ3n) is 3.10. The van der Waals surface area contributed by atoms with E-state index in [9.17, 15) is 5.11 Å². The van der Waals surface area contributed by atoms with Crippen LogP contribution in [-0.2, 0) is 6.61 Å². The zero-order chi connectivity index (χ0) is 14.5. The van der Waals surface area contributed by atoms with E-state index in [-0.39, 0.29) is 0 Å². The van der Waals surface area contributed by atoms with Crippen LogP contribution in [0.4, 0.5) is 0 Å². The molecule has 108 valence electrons. The average Bonchev–Trinajstić information content (AvgIpc) is 2.94. The standard InChI is InChI=1S/C16H21NO2S/c1-4-15(18)12-5-7-14(8-6-12)19-9-13-10-20-16(17-13)11(2)3/h5-8,10-11,15,18H,4,9H2,1-3H3/t15-/m1/s1. The lowest BCUT2D eigenvalue weighted by atomic mass is 10.1. The summed E-state index contributed by atoms with van der Waals surface area (Å²) in [6, 6.07) is 7.60. The summed E-state index contributed by atoms with van der Waals surface area (Å²) in [5, 5.41) is 12.9. The summed E-state index contributed by atoms with van der Waals surface area (Å²) >= 11 is 1.68. The lowest BCUT2D eigenvalue weighted by molar-refractivity contribution is 0.173. The molecule has 0 aliphatic rings. The molecule has 0 aliphatic heterocycles. The molecule has 0 saturated carbocycles. The number of rotatable bonds is 6. The van der Waals surface area contributed by atoms with Crippen molar-refractivity contribution >= 4 is 11.3 Å². The molecule has 1 atom stereocenters. The molecule has 2 aromatic rings. The van der Waals surface area contributed by atoms with E-state index in [2.05, 4.69) is 18.8 Å². The number of hydrogen-bond donors (Lipinski definition) is 1.